The quantitative estimate of drug-likeness (QED) is 0.142. The fourth-order valence-corrected chi connectivity index (χ4v) is 7.31. The number of esters is 1. The Balaban J connectivity index is 1.32. The van der Waals surface area contributed by atoms with Crippen molar-refractivity contribution in [3.63, 3.8) is 0 Å². The third kappa shape index (κ3) is 3.20. The standard InChI is InChI=1S/C27H17Cl3N2O6/c28-15-10-9-14(20(11-15)32(36)37)13-38-21(33)12-31-24(34)22-23(25(31)35)27(30)17-6-2-1-5-16(17)26(22,29)18-7-3-4-8-19(18)27/h1-11,22-23H,12-13H2/t22-,23+,26?,27?. The largest absolute Gasteiger partial charge is 0.459 e. The van der Waals surface area contributed by atoms with Crippen molar-refractivity contribution < 1.29 is 24.0 Å². The third-order valence-electron chi connectivity index (χ3n) is 7.60. The van der Waals surface area contributed by atoms with Gasteiger partial charge in [0.1, 0.15) is 22.9 Å². The molecule has 0 aromatic heterocycles. The van der Waals surface area contributed by atoms with Crippen LogP contribution in [0.5, 0.6) is 0 Å². The average Bonchev–Trinajstić information content (AvgIpc) is 3.17. The molecule has 0 radical (unpaired) electrons. The molecule has 0 spiro atoms. The first kappa shape index (κ1) is 24.9. The maximum atomic E-state index is 13.7. The summed E-state index contributed by atoms with van der Waals surface area (Å²) in [5.74, 6) is -4.24. The van der Waals surface area contributed by atoms with E-state index in [0.717, 1.165) is 11.0 Å². The maximum absolute atomic E-state index is 13.7. The van der Waals surface area contributed by atoms with Gasteiger partial charge in [0, 0.05) is 11.1 Å². The predicted molar refractivity (Wildman–Crippen MR) is 138 cm³/mol. The van der Waals surface area contributed by atoms with Gasteiger partial charge >= 0.3 is 5.97 Å². The van der Waals surface area contributed by atoms with E-state index in [-0.39, 0.29) is 16.3 Å². The molecule has 8 nitrogen and oxygen atoms in total. The molecule has 2 atom stereocenters. The first-order valence-corrected chi connectivity index (χ1v) is 12.7. The zero-order valence-corrected chi connectivity index (χ0v) is 21.7. The van der Waals surface area contributed by atoms with Gasteiger partial charge in [-0.25, -0.2) is 0 Å². The molecular weight excluding hydrogens is 555 g/mol. The lowest BCUT2D eigenvalue weighted by atomic mass is 9.54. The summed E-state index contributed by atoms with van der Waals surface area (Å²) in [7, 11) is 0. The van der Waals surface area contributed by atoms with Gasteiger partial charge in [-0.15, -0.1) is 23.2 Å². The number of carbonyl (C=O) groups is 3. The third-order valence-corrected chi connectivity index (χ3v) is 9.12. The second-order valence-electron chi connectivity index (χ2n) is 9.42. The number of rotatable bonds is 5. The van der Waals surface area contributed by atoms with Gasteiger partial charge in [-0.05, 0) is 34.4 Å². The van der Waals surface area contributed by atoms with Crippen LogP contribution in [0.2, 0.25) is 5.02 Å². The number of hydrogen-bond acceptors (Lipinski definition) is 6. The molecule has 0 saturated carbocycles. The van der Waals surface area contributed by atoms with Gasteiger partial charge in [0.15, 0.2) is 0 Å². The van der Waals surface area contributed by atoms with Crippen LogP contribution in [0.15, 0.2) is 66.7 Å². The van der Waals surface area contributed by atoms with Gasteiger partial charge in [0.25, 0.3) is 5.69 Å². The fraction of sp³-hybridized carbons (Fsp3) is 0.222. The van der Waals surface area contributed by atoms with Crippen molar-refractivity contribution in [1.82, 2.24) is 4.90 Å². The molecule has 3 aromatic rings. The average molecular weight is 572 g/mol. The fourth-order valence-electron chi connectivity index (χ4n) is 6.04. The van der Waals surface area contributed by atoms with E-state index in [1.165, 1.54) is 12.1 Å². The number of carbonyl (C=O) groups excluding carboxylic acids is 3. The minimum absolute atomic E-state index is 0.115. The topological polar surface area (TPSA) is 107 Å². The zero-order chi connectivity index (χ0) is 27.0. The lowest BCUT2D eigenvalue weighted by Gasteiger charge is -2.54. The summed E-state index contributed by atoms with van der Waals surface area (Å²) in [6, 6.07) is 18.4. The van der Waals surface area contributed by atoms with Crippen LogP contribution in [-0.4, -0.2) is 34.2 Å². The van der Waals surface area contributed by atoms with Crippen LogP contribution < -0.4 is 0 Å². The van der Waals surface area contributed by atoms with Crippen molar-refractivity contribution in [2.24, 2.45) is 11.8 Å². The molecule has 1 saturated heterocycles. The zero-order valence-electron chi connectivity index (χ0n) is 19.4. The molecule has 2 bridgehead atoms. The predicted octanol–water partition coefficient (Wildman–Crippen LogP) is 4.88. The molecule has 3 aliphatic carbocycles. The monoisotopic (exact) mass is 570 g/mol. The van der Waals surface area contributed by atoms with Gasteiger partial charge in [-0.3, -0.25) is 29.4 Å². The van der Waals surface area contributed by atoms with E-state index in [0.29, 0.717) is 22.3 Å². The summed E-state index contributed by atoms with van der Waals surface area (Å²) < 4.78 is 5.22. The molecule has 192 valence electrons. The highest BCUT2D eigenvalue weighted by atomic mass is 35.5. The van der Waals surface area contributed by atoms with E-state index < -0.39 is 57.4 Å². The highest BCUT2D eigenvalue weighted by molar-refractivity contribution is 6.36. The van der Waals surface area contributed by atoms with E-state index in [1.54, 1.807) is 48.5 Å². The first-order valence-electron chi connectivity index (χ1n) is 11.6. The summed E-state index contributed by atoms with van der Waals surface area (Å²) in [6.07, 6.45) is 0. The van der Waals surface area contributed by atoms with E-state index in [2.05, 4.69) is 0 Å². The minimum Gasteiger partial charge on any atom is -0.459 e. The minimum atomic E-state index is -1.36. The number of hydrogen-bond donors (Lipinski definition) is 0. The van der Waals surface area contributed by atoms with E-state index in [4.69, 9.17) is 39.5 Å². The molecule has 1 fully saturated rings. The Labute approximate surface area is 231 Å². The summed E-state index contributed by atoms with van der Waals surface area (Å²) in [4.78, 5) is 49.1. The number of nitro groups is 1. The number of amides is 2. The lowest BCUT2D eigenvalue weighted by Crippen LogP contribution is -2.57. The highest BCUT2D eigenvalue weighted by Gasteiger charge is 2.73. The molecule has 0 unspecified atom stereocenters. The van der Waals surface area contributed by atoms with Gasteiger partial charge in [0.2, 0.25) is 11.8 Å². The molecule has 7 rings (SSSR count). The Kier molecular flexibility index (Phi) is 5.58. The second kappa shape index (κ2) is 8.53. The number of nitro benzene ring substituents is 1. The SMILES string of the molecule is O=C(CN1C(=O)[C@@H]2[C@H](C1=O)C1(Cl)c3ccccc3C2(Cl)c2ccccc21)OCc1ccc(Cl)cc1[N+](=O)[O-]. The Morgan fingerprint density at radius 1 is 0.895 bits per heavy atom. The molecular formula is C27H17Cl3N2O6. The van der Waals surface area contributed by atoms with Crippen molar-refractivity contribution in [3.05, 3.63) is 110 Å². The summed E-state index contributed by atoms with van der Waals surface area (Å²) in [5, 5.41) is 11.5. The first-order chi connectivity index (χ1) is 18.1. The number of halogens is 3. The van der Waals surface area contributed by atoms with Crippen molar-refractivity contribution >= 4 is 58.3 Å². The number of benzene rings is 3. The van der Waals surface area contributed by atoms with Crippen molar-refractivity contribution in [2.45, 2.75) is 16.4 Å². The molecule has 2 amide bonds. The smallest absolute Gasteiger partial charge is 0.326 e. The van der Waals surface area contributed by atoms with E-state index >= 15 is 0 Å². The number of imide groups is 1. The Morgan fingerprint density at radius 2 is 1.37 bits per heavy atom. The summed E-state index contributed by atoms with van der Waals surface area (Å²) in [5.41, 5.74) is 2.40. The van der Waals surface area contributed by atoms with Crippen LogP contribution in [0, 0.1) is 22.0 Å². The highest BCUT2D eigenvalue weighted by Crippen LogP contribution is 2.69. The molecule has 4 aliphatic rings. The van der Waals surface area contributed by atoms with Crippen LogP contribution in [0.25, 0.3) is 0 Å². The number of likely N-dealkylation sites (tertiary alicyclic amines) is 1. The van der Waals surface area contributed by atoms with Crippen LogP contribution in [0.4, 0.5) is 5.69 Å². The molecule has 0 N–H and O–H groups in total. The summed E-state index contributed by atoms with van der Waals surface area (Å²) in [6.45, 7) is -1.12. The Bertz CT molecular complexity index is 1450. The second-order valence-corrected chi connectivity index (χ2v) is 11.1. The van der Waals surface area contributed by atoms with Gasteiger partial charge in [0.05, 0.1) is 22.3 Å². The Morgan fingerprint density at radius 3 is 1.82 bits per heavy atom. The van der Waals surface area contributed by atoms with Crippen LogP contribution in [-0.2, 0) is 35.5 Å². The maximum Gasteiger partial charge on any atom is 0.326 e. The van der Waals surface area contributed by atoms with Gasteiger partial charge in [-0.2, -0.15) is 0 Å². The van der Waals surface area contributed by atoms with Crippen molar-refractivity contribution in [3.8, 4) is 0 Å². The van der Waals surface area contributed by atoms with Crippen LogP contribution in [0.1, 0.15) is 27.8 Å². The number of alkyl halides is 2. The molecule has 11 heteroatoms. The lowest BCUT2D eigenvalue weighted by molar-refractivity contribution is -0.385. The van der Waals surface area contributed by atoms with Crippen LogP contribution in [0.3, 0.4) is 0 Å². The van der Waals surface area contributed by atoms with Crippen molar-refractivity contribution in [2.75, 3.05) is 6.54 Å². The van der Waals surface area contributed by atoms with E-state index in [1.807, 2.05) is 0 Å². The van der Waals surface area contributed by atoms with E-state index in [9.17, 15) is 24.5 Å². The summed E-state index contributed by atoms with van der Waals surface area (Å²) >= 11 is 20.5. The normalized spacial score (nSPS) is 26.6. The molecule has 1 aliphatic heterocycles. The molecule has 3 aromatic carbocycles. The van der Waals surface area contributed by atoms with Crippen molar-refractivity contribution in [1.29, 1.82) is 0 Å². The van der Waals surface area contributed by atoms with Gasteiger partial charge < -0.3 is 4.74 Å². The molecule has 1 heterocycles. The number of nitrogens with zero attached hydrogens (tertiary/aromatic N) is 2. The molecule has 38 heavy (non-hydrogen) atoms. The van der Waals surface area contributed by atoms with Gasteiger partial charge in [-0.1, -0.05) is 60.1 Å². The Hall–Kier alpha value is -3.46. The number of ether oxygens (including phenoxy) is 1. The van der Waals surface area contributed by atoms with Crippen LogP contribution >= 0.6 is 34.8 Å².